The Morgan fingerprint density at radius 3 is 2.65 bits per heavy atom. The zero-order chi connectivity index (χ0) is 15.3. The molecule has 0 aliphatic rings. The Morgan fingerprint density at radius 2 is 2.15 bits per heavy atom. The largest absolute Gasteiger partial charge is 0.390 e. The highest BCUT2D eigenvalue weighted by atomic mass is 32.2. The van der Waals surface area contributed by atoms with Crippen molar-refractivity contribution in [3.8, 4) is 0 Å². The van der Waals surface area contributed by atoms with Gasteiger partial charge in [-0.1, -0.05) is 6.92 Å². The predicted molar refractivity (Wildman–Crippen MR) is 80.2 cm³/mol. The monoisotopic (exact) mass is 302 g/mol. The third kappa shape index (κ3) is 4.46. The summed E-state index contributed by atoms with van der Waals surface area (Å²) >= 11 is 1.75. The molecule has 8 heteroatoms. The number of aliphatic hydroxyl groups excluding tert-OH is 1. The van der Waals surface area contributed by atoms with Crippen molar-refractivity contribution in [1.82, 2.24) is 15.1 Å². The van der Waals surface area contributed by atoms with Crippen molar-refractivity contribution in [1.29, 1.82) is 0 Å². The SMILES string of the molecule is CSC(C)CNCC(O)Cn1nc(C)c([N+](=O)[O-])c1C. The first-order valence-corrected chi connectivity index (χ1v) is 7.75. The number of nitro groups is 1. The van der Waals surface area contributed by atoms with Crippen LogP contribution in [-0.2, 0) is 6.54 Å². The molecule has 20 heavy (non-hydrogen) atoms. The van der Waals surface area contributed by atoms with E-state index in [1.807, 2.05) is 6.26 Å². The number of hydrogen-bond donors (Lipinski definition) is 2. The van der Waals surface area contributed by atoms with Gasteiger partial charge in [-0.15, -0.1) is 0 Å². The van der Waals surface area contributed by atoms with Gasteiger partial charge < -0.3 is 10.4 Å². The minimum Gasteiger partial charge on any atom is -0.390 e. The van der Waals surface area contributed by atoms with Crippen molar-refractivity contribution < 1.29 is 10.0 Å². The predicted octanol–water partition coefficient (Wildman–Crippen LogP) is 1.11. The number of aryl methyl sites for hydroxylation is 1. The lowest BCUT2D eigenvalue weighted by molar-refractivity contribution is -0.386. The fraction of sp³-hybridized carbons (Fsp3) is 0.750. The van der Waals surface area contributed by atoms with Crippen molar-refractivity contribution in [2.24, 2.45) is 0 Å². The molecule has 1 aromatic heterocycles. The van der Waals surface area contributed by atoms with E-state index in [2.05, 4.69) is 17.3 Å². The molecule has 0 saturated heterocycles. The van der Waals surface area contributed by atoms with Crippen LogP contribution in [0.5, 0.6) is 0 Å². The van der Waals surface area contributed by atoms with Crippen LogP contribution in [0.1, 0.15) is 18.3 Å². The molecule has 0 aliphatic heterocycles. The van der Waals surface area contributed by atoms with Crippen molar-refractivity contribution >= 4 is 17.4 Å². The average Bonchev–Trinajstić information content (AvgIpc) is 2.63. The molecule has 7 nitrogen and oxygen atoms in total. The Kier molecular flexibility index (Phi) is 6.44. The van der Waals surface area contributed by atoms with Crippen LogP contribution in [-0.4, -0.2) is 50.5 Å². The zero-order valence-corrected chi connectivity index (χ0v) is 13.1. The summed E-state index contributed by atoms with van der Waals surface area (Å²) in [5.74, 6) is 0. The second-order valence-corrected chi connectivity index (χ2v) is 6.09. The molecule has 1 aromatic rings. The molecule has 0 spiro atoms. The molecular formula is C12H22N4O3S. The highest BCUT2D eigenvalue weighted by molar-refractivity contribution is 7.99. The first-order valence-electron chi connectivity index (χ1n) is 6.46. The van der Waals surface area contributed by atoms with Gasteiger partial charge >= 0.3 is 5.69 Å². The molecule has 2 N–H and O–H groups in total. The van der Waals surface area contributed by atoms with E-state index < -0.39 is 11.0 Å². The summed E-state index contributed by atoms with van der Waals surface area (Å²) in [6.07, 6.45) is 1.42. The van der Waals surface area contributed by atoms with E-state index in [4.69, 9.17) is 0 Å². The van der Waals surface area contributed by atoms with Crippen molar-refractivity contribution in [3.05, 3.63) is 21.5 Å². The van der Waals surface area contributed by atoms with Gasteiger partial charge in [-0.25, -0.2) is 0 Å². The molecule has 114 valence electrons. The molecule has 0 amide bonds. The molecule has 0 fully saturated rings. The molecule has 0 bridgehead atoms. The molecule has 0 saturated carbocycles. The van der Waals surface area contributed by atoms with E-state index in [0.29, 0.717) is 23.2 Å². The Hall–Kier alpha value is -1.12. The number of thioether (sulfide) groups is 1. The van der Waals surface area contributed by atoms with Crippen LogP contribution in [0.4, 0.5) is 5.69 Å². The number of hydrogen-bond acceptors (Lipinski definition) is 6. The van der Waals surface area contributed by atoms with E-state index in [0.717, 1.165) is 6.54 Å². The normalized spacial score (nSPS) is 14.2. The summed E-state index contributed by atoms with van der Waals surface area (Å²) in [6, 6.07) is 0. The van der Waals surface area contributed by atoms with Gasteiger partial charge in [0.1, 0.15) is 11.4 Å². The topological polar surface area (TPSA) is 93.2 Å². The van der Waals surface area contributed by atoms with Crippen LogP contribution in [0.2, 0.25) is 0 Å². The lowest BCUT2D eigenvalue weighted by Gasteiger charge is -2.14. The van der Waals surface area contributed by atoms with Gasteiger partial charge in [0.2, 0.25) is 0 Å². The number of aromatic nitrogens is 2. The van der Waals surface area contributed by atoms with E-state index >= 15 is 0 Å². The van der Waals surface area contributed by atoms with Crippen molar-refractivity contribution in [3.63, 3.8) is 0 Å². The van der Waals surface area contributed by atoms with Gasteiger partial charge in [0, 0.05) is 18.3 Å². The summed E-state index contributed by atoms with van der Waals surface area (Å²) in [6.45, 7) is 6.86. The molecule has 1 rings (SSSR count). The number of nitrogens with one attached hydrogen (secondary N) is 1. The summed E-state index contributed by atoms with van der Waals surface area (Å²) in [5, 5.41) is 28.6. The fourth-order valence-electron chi connectivity index (χ4n) is 1.93. The lowest BCUT2D eigenvalue weighted by Crippen LogP contribution is -2.34. The standard InChI is InChI=1S/C12H22N4O3S/c1-8(20-4)5-13-6-11(17)7-15-10(3)12(16(18)19)9(2)14-15/h8,11,13,17H,5-7H2,1-4H3. The highest BCUT2D eigenvalue weighted by Gasteiger charge is 2.22. The van der Waals surface area contributed by atoms with E-state index in [-0.39, 0.29) is 12.2 Å². The number of nitrogens with zero attached hydrogens (tertiary/aromatic N) is 3. The Balaban J connectivity index is 2.56. The van der Waals surface area contributed by atoms with Crippen LogP contribution >= 0.6 is 11.8 Å². The average molecular weight is 302 g/mol. The Morgan fingerprint density at radius 1 is 1.50 bits per heavy atom. The van der Waals surface area contributed by atoms with Crippen LogP contribution in [0.25, 0.3) is 0 Å². The first-order chi connectivity index (χ1) is 9.36. The molecule has 0 aliphatic carbocycles. The van der Waals surface area contributed by atoms with Gasteiger partial charge in [0.05, 0.1) is 17.6 Å². The Labute approximate surface area is 122 Å². The van der Waals surface area contributed by atoms with Gasteiger partial charge in [-0.2, -0.15) is 16.9 Å². The maximum absolute atomic E-state index is 10.9. The smallest absolute Gasteiger partial charge is 0.312 e. The third-order valence-electron chi connectivity index (χ3n) is 3.12. The first kappa shape index (κ1) is 16.9. The van der Waals surface area contributed by atoms with Crippen molar-refractivity contribution in [2.75, 3.05) is 19.3 Å². The second-order valence-electron chi connectivity index (χ2n) is 4.82. The van der Waals surface area contributed by atoms with Crippen molar-refractivity contribution in [2.45, 2.75) is 38.7 Å². The summed E-state index contributed by atoms with van der Waals surface area (Å²) in [7, 11) is 0. The van der Waals surface area contributed by atoms with E-state index in [1.165, 1.54) is 4.68 Å². The molecule has 2 unspecified atom stereocenters. The molecule has 0 aromatic carbocycles. The van der Waals surface area contributed by atoms with Crippen LogP contribution in [0.15, 0.2) is 0 Å². The van der Waals surface area contributed by atoms with Gasteiger partial charge in [-0.3, -0.25) is 14.8 Å². The molecular weight excluding hydrogens is 280 g/mol. The quantitative estimate of drug-likeness (QED) is 0.552. The van der Waals surface area contributed by atoms with Gasteiger partial charge in [-0.05, 0) is 20.1 Å². The van der Waals surface area contributed by atoms with E-state index in [1.54, 1.807) is 25.6 Å². The lowest BCUT2D eigenvalue weighted by atomic mass is 10.3. The van der Waals surface area contributed by atoms with Crippen LogP contribution in [0.3, 0.4) is 0 Å². The minimum atomic E-state index is -0.623. The van der Waals surface area contributed by atoms with Gasteiger partial charge in [0.25, 0.3) is 0 Å². The number of aliphatic hydroxyl groups is 1. The minimum absolute atomic E-state index is 0.0289. The number of rotatable bonds is 8. The second kappa shape index (κ2) is 7.61. The summed E-state index contributed by atoms with van der Waals surface area (Å²) in [4.78, 5) is 10.5. The van der Waals surface area contributed by atoms with Gasteiger partial charge in [0.15, 0.2) is 0 Å². The molecule has 2 atom stereocenters. The third-order valence-corrected chi connectivity index (χ3v) is 4.10. The maximum atomic E-state index is 10.9. The fourth-order valence-corrected chi connectivity index (χ4v) is 2.21. The summed E-state index contributed by atoms with van der Waals surface area (Å²) < 4.78 is 1.50. The summed E-state index contributed by atoms with van der Waals surface area (Å²) in [5.41, 5.74) is 0.883. The zero-order valence-electron chi connectivity index (χ0n) is 12.3. The van der Waals surface area contributed by atoms with E-state index in [9.17, 15) is 15.2 Å². The molecule has 1 heterocycles. The van der Waals surface area contributed by atoms with Crippen LogP contribution < -0.4 is 5.32 Å². The maximum Gasteiger partial charge on any atom is 0.312 e. The molecule has 0 radical (unpaired) electrons. The van der Waals surface area contributed by atoms with Crippen LogP contribution in [0, 0.1) is 24.0 Å². The Bertz CT molecular complexity index is 464. The highest BCUT2D eigenvalue weighted by Crippen LogP contribution is 2.21.